The lowest BCUT2D eigenvalue weighted by Gasteiger charge is -2.27. The summed E-state index contributed by atoms with van der Waals surface area (Å²) in [5, 5.41) is 1.06. The van der Waals surface area contributed by atoms with Crippen molar-refractivity contribution in [1.29, 1.82) is 0 Å². The lowest BCUT2D eigenvalue weighted by molar-refractivity contribution is -0.134. The van der Waals surface area contributed by atoms with Crippen LogP contribution in [0.15, 0.2) is 42.5 Å². The molecule has 26 heavy (non-hydrogen) atoms. The largest absolute Gasteiger partial charge is 0.495 e. The molecule has 134 valence electrons. The molecule has 0 saturated carbocycles. The van der Waals surface area contributed by atoms with Crippen molar-refractivity contribution >= 4 is 16.8 Å². The van der Waals surface area contributed by atoms with Crippen LogP contribution in [0.1, 0.15) is 11.3 Å². The van der Waals surface area contributed by atoms with Crippen LogP contribution < -0.4 is 9.47 Å². The fraction of sp³-hybridized carbons (Fsp3) is 0.250. The molecule has 1 aliphatic rings. The monoisotopic (exact) mass is 354 g/mol. The third kappa shape index (κ3) is 2.87. The Morgan fingerprint density at radius 3 is 2.81 bits per heavy atom. The molecule has 5 nitrogen and oxygen atoms in total. The Morgan fingerprint density at radius 2 is 2.00 bits per heavy atom. The van der Waals surface area contributed by atoms with Gasteiger partial charge in [0.2, 0.25) is 0 Å². The van der Waals surface area contributed by atoms with Gasteiger partial charge in [0, 0.05) is 36.2 Å². The maximum absolute atomic E-state index is 13.6. The normalized spacial score (nSPS) is 13.5. The highest BCUT2D eigenvalue weighted by Gasteiger charge is 2.25. The Bertz CT molecular complexity index is 967. The van der Waals surface area contributed by atoms with E-state index in [0.717, 1.165) is 34.3 Å². The molecule has 1 aromatic heterocycles. The van der Waals surface area contributed by atoms with Gasteiger partial charge in [-0.15, -0.1) is 0 Å². The number of rotatable bonds is 4. The summed E-state index contributed by atoms with van der Waals surface area (Å²) in [6.07, 6.45) is 0.735. The molecule has 1 aliphatic heterocycles. The molecule has 0 atom stereocenters. The summed E-state index contributed by atoms with van der Waals surface area (Å²) in [4.78, 5) is 17.7. The number of para-hydroxylation sites is 2. The molecule has 0 spiro atoms. The van der Waals surface area contributed by atoms with Gasteiger partial charge in [-0.1, -0.05) is 24.3 Å². The lowest BCUT2D eigenvalue weighted by Crippen LogP contribution is -2.38. The SMILES string of the molecule is COc1cccc2c3c([nH]c12)CCN(C(=O)COc1ccccc1F)C3. The molecule has 0 saturated heterocycles. The first-order valence-electron chi connectivity index (χ1n) is 8.49. The summed E-state index contributed by atoms with van der Waals surface area (Å²) in [5.74, 6) is 0.258. The topological polar surface area (TPSA) is 54.6 Å². The van der Waals surface area contributed by atoms with E-state index in [-0.39, 0.29) is 18.3 Å². The number of carbonyl (C=O) groups excluding carboxylic acids is 1. The average molecular weight is 354 g/mol. The Labute approximate surface area is 150 Å². The molecule has 1 amide bonds. The highest BCUT2D eigenvalue weighted by molar-refractivity contribution is 5.90. The highest BCUT2D eigenvalue weighted by Crippen LogP contribution is 2.32. The number of amides is 1. The number of ether oxygens (including phenoxy) is 2. The number of hydrogen-bond acceptors (Lipinski definition) is 3. The number of nitrogens with one attached hydrogen (secondary N) is 1. The van der Waals surface area contributed by atoms with Crippen LogP contribution in [0, 0.1) is 5.82 Å². The summed E-state index contributed by atoms with van der Waals surface area (Å²) in [5.41, 5.74) is 3.19. The number of H-pyrrole nitrogens is 1. The molecule has 0 fully saturated rings. The van der Waals surface area contributed by atoms with E-state index in [1.807, 2.05) is 18.2 Å². The van der Waals surface area contributed by atoms with Crippen LogP contribution in [0.25, 0.3) is 10.9 Å². The number of aromatic amines is 1. The molecule has 6 heteroatoms. The molecule has 0 unspecified atom stereocenters. The summed E-state index contributed by atoms with van der Waals surface area (Å²) in [6, 6.07) is 12.0. The van der Waals surface area contributed by atoms with Crippen LogP contribution in [0.4, 0.5) is 4.39 Å². The number of aromatic nitrogens is 1. The molecule has 0 bridgehead atoms. The van der Waals surface area contributed by atoms with Gasteiger partial charge in [-0.2, -0.15) is 0 Å². The van der Waals surface area contributed by atoms with Gasteiger partial charge in [-0.25, -0.2) is 4.39 Å². The van der Waals surface area contributed by atoms with E-state index < -0.39 is 5.82 Å². The maximum atomic E-state index is 13.6. The summed E-state index contributed by atoms with van der Waals surface area (Å²) in [6.45, 7) is 0.922. The second-order valence-electron chi connectivity index (χ2n) is 6.25. The third-order valence-electron chi connectivity index (χ3n) is 4.73. The summed E-state index contributed by atoms with van der Waals surface area (Å²) in [7, 11) is 1.64. The van der Waals surface area contributed by atoms with Crippen LogP contribution in [-0.4, -0.2) is 36.1 Å². The van der Waals surface area contributed by atoms with Crippen LogP contribution in [0.5, 0.6) is 11.5 Å². The van der Waals surface area contributed by atoms with Crippen LogP contribution >= 0.6 is 0 Å². The van der Waals surface area contributed by atoms with Crippen molar-refractivity contribution in [1.82, 2.24) is 9.88 Å². The number of nitrogens with zero attached hydrogens (tertiary/aromatic N) is 1. The Balaban J connectivity index is 1.51. The number of methoxy groups -OCH3 is 1. The van der Waals surface area contributed by atoms with Crippen molar-refractivity contribution in [3.63, 3.8) is 0 Å². The second-order valence-corrected chi connectivity index (χ2v) is 6.25. The van der Waals surface area contributed by atoms with Crippen LogP contribution in [-0.2, 0) is 17.8 Å². The predicted octanol–water partition coefficient (Wildman–Crippen LogP) is 3.28. The summed E-state index contributed by atoms with van der Waals surface area (Å²) >= 11 is 0. The standard InChI is InChI=1S/C20H19FN2O3/c1-25-18-8-4-5-13-14-11-23(10-9-16(14)22-20(13)18)19(24)12-26-17-7-3-2-6-15(17)21/h2-8,22H,9-12H2,1H3. The number of halogens is 1. The molecule has 2 aromatic carbocycles. The predicted molar refractivity (Wildman–Crippen MR) is 95.9 cm³/mol. The van der Waals surface area contributed by atoms with Gasteiger partial charge in [0.15, 0.2) is 18.2 Å². The number of fused-ring (bicyclic) bond motifs is 3. The lowest BCUT2D eigenvalue weighted by atomic mass is 10.0. The molecule has 1 N–H and O–H groups in total. The first-order chi connectivity index (χ1) is 12.7. The van der Waals surface area contributed by atoms with Crippen LogP contribution in [0.3, 0.4) is 0 Å². The first-order valence-corrected chi connectivity index (χ1v) is 8.49. The van der Waals surface area contributed by atoms with Crippen molar-refractivity contribution < 1.29 is 18.7 Å². The van der Waals surface area contributed by atoms with Crippen molar-refractivity contribution in [3.05, 3.63) is 59.5 Å². The van der Waals surface area contributed by atoms with Crippen molar-refractivity contribution in [2.24, 2.45) is 0 Å². The zero-order valence-electron chi connectivity index (χ0n) is 14.4. The van der Waals surface area contributed by atoms with E-state index in [0.29, 0.717) is 13.1 Å². The molecule has 4 rings (SSSR count). The number of hydrogen-bond donors (Lipinski definition) is 1. The minimum Gasteiger partial charge on any atom is -0.495 e. The molecule has 3 aromatic rings. The van der Waals surface area contributed by atoms with Gasteiger partial charge < -0.3 is 19.4 Å². The third-order valence-corrected chi connectivity index (χ3v) is 4.73. The molecule has 0 radical (unpaired) electrons. The van der Waals surface area contributed by atoms with Gasteiger partial charge >= 0.3 is 0 Å². The van der Waals surface area contributed by atoms with Crippen molar-refractivity contribution in [2.75, 3.05) is 20.3 Å². The Kier molecular flexibility index (Phi) is 4.24. The fourth-order valence-electron chi connectivity index (χ4n) is 3.39. The van der Waals surface area contributed by atoms with Gasteiger partial charge in [0.1, 0.15) is 5.75 Å². The first kappa shape index (κ1) is 16.4. The molecular formula is C20H19FN2O3. The minimum atomic E-state index is -0.468. The zero-order chi connectivity index (χ0) is 18.1. The maximum Gasteiger partial charge on any atom is 0.260 e. The van der Waals surface area contributed by atoms with E-state index >= 15 is 0 Å². The molecule has 2 heterocycles. The Hall–Kier alpha value is -3.02. The summed E-state index contributed by atoms with van der Waals surface area (Å²) < 4.78 is 24.4. The second kappa shape index (κ2) is 6.71. The molecule has 0 aliphatic carbocycles. The van der Waals surface area contributed by atoms with E-state index in [4.69, 9.17) is 9.47 Å². The fourth-order valence-corrected chi connectivity index (χ4v) is 3.39. The highest BCUT2D eigenvalue weighted by atomic mass is 19.1. The number of benzene rings is 2. The van der Waals surface area contributed by atoms with Gasteiger partial charge in [-0.05, 0) is 18.2 Å². The zero-order valence-corrected chi connectivity index (χ0v) is 14.4. The van der Waals surface area contributed by atoms with Crippen molar-refractivity contribution in [3.8, 4) is 11.5 Å². The number of carbonyl (C=O) groups is 1. The van der Waals surface area contributed by atoms with E-state index in [1.165, 1.54) is 12.1 Å². The van der Waals surface area contributed by atoms with E-state index in [2.05, 4.69) is 4.98 Å². The molecular weight excluding hydrogens is 335 g/mol. The quantitative estimate of drug-likeness (QED) is 0.782. The van der Waals surface area contributed by atoms with Gasteiger partial charge in [0.05, 0.1) is 12.6 Å². The Morgan fingerprint density at radius 1 is 1.19 bits per heavy atom. The van der Waals surface area contributed by atoms with Gasteiger partial charge in [0.25, 0.3) is 5.91 Å². The van der Waals surface area contributed by atoms with E-state index in [1.54, 1.807) is 24.1 Å². The average Bonchev–Trinajstić information content (AvgIpc) is 3.05. The van der Waals surface area contributed by atoms with Crippen LogP contribution in [0.2, 0.25) is 0 Å². The van der Waals surface area contributed by atoms with Gasteiger partial charge in [-0.3, -0.25) is 4.79 Å². The van der Waals surface area contributed by atoms with E-state index in [9.17, 15) is 9.18 Å². The minimum absolute atomic E-state index is 0.0929. The smallest absolute Gasteiger partial charge is 0.260 e. The van der Waals surface area contributed by atoms with Crippen molar-refractivity contribution in [2.45, 2.75) is 13.0 Å².